The quantitative estimate of drug-likeness (QED) is 0.760. The number of benzene rings is 1. The van der Waals surface area contributed by atoms with Crippen molar-refractivity contribution in [3.63, 3.8) is 0 Å². The molecule has 108 valence electrons. The average molecular weight is 299 g/mol. The molecule has 2 rings (SSSR count). The third kappa shape index (κ3) is 3.11. The summed E-state index contributed by atoms with van der Waals surface area (Å²) in [6.07, 6.45) is 1.81. The fourth-order valence-corrected chi connectivity index (χ4v) is 2.90. The molecule has 0 aliphatic heterocycles. The maximum absolute atomic E-state index is 13.6. The molecule has 0 fully saturated rings. The van der Waals surface area contributed by atoms with Gasteiger partial charge in [-0.1, -0.05) is 6.07 Å². The van der Waals surface area contributed by atoms with Crippen molar-refractivity contribution in [2.24, 2.45) is 7.05 Å². The van der Waals surface area contributed by atoms with Crippen LogP contribution in [-0.4, -0.2) is 29.7 Å². The van der Waals surface area contributed by atoms with Crippen molar-refractivity contribution in [2.45, 2.75) is 11.3 Å². The number of aromatic nitrogens is 3. The van der Waals surface area contributed by atoms with Crippen molar-refractivity contribution in [1.82, 2.24) is 19.5 Å². The predicted molar refractivity (Wildman–Crippen MR) is 70.7 cm³/mol. The molecule has 0 bridgehead atoms. The van der Waals surface area contributed by atoms with E-state index < -0.39 is 20.7 Å². The predicted octanol–water partition coefficient (Wildman–Crippen LogP) is 0.0574. The SMILES string of the molecule is Cn1cnc(CCNS(=O)(=O)c2c(N)cccc2F)n1. The summed E-state index contributed by atoms with van der Waals surface area (Å²) in [5.41, 5.74) is 5.38. The van der Waals surface area contributed by atoms with E-state index in [4.69, 9.17) is 5.73 Å². The van der Waals surface area contributed by atoms with Crippen molar-refractivity contribution in [3.8, 4) is 0 Å². The van der Waals surface area contributed by atoms with Gasteiger partial charge in [-0.25, -0.2) is 22.5 Å². The Kier molecular flexibility index (Phi) is 4.00. The van der Waals surface area contributed by atoms with E-state index >= 15 is 0 Å². The van der Waals surface area contributed by atoms with Crippen molar-refractivity contribution in [1.29, 1.82) is 0 Å². The molecule has 0 spiro atoms. The fraction of sp³-hybridized carbons (Fsp3) is 0.273. The van der Waals surface area contributed by atoms with Crippen molar-refractivity contribution < 1.29 is 12.8 Å². The summed E-state index contributed by atoms with van der Waals surface area (Å²) >= 11 is 0. The van der Waals surface area contributed by atoms with Crippen LogP contribution in [0.3, 0.4) is 0 Å². The Hall–Kier alpha value is -2.00. The molecule has 0 radical (unpaired) electrons. The van der Waals surface area contributed by atoms with Crippen LogP contribution in [0.25, 0.3) is 0 Å². The van der Waals surface area contributed by atoms with Crippen LogP contribution in [0.5, 0.6) is 0 Å². The Labute approximate surface area is 115 Å². The normalized spacial score (nSPS) is 11.7. The molecule has 0 amide bonds. The van der Waals surface area contributed by atoms with E-state index in [9.17, 15) is 12.8 Å². The maximum atomic E-state index is 13.6. The third-order valence-corrected chi connectivity index (χ3v) is 4.11. The van der Waals surface area contributed by atoms with Gasteiger partial charge in [-0.05, 0) is 12.1 Å². The third-order valence-electron chi connectivity index (χ3n) is 2.55. The van der Waals surface area contributed by atoms with Gasteiger partial charge in [0.1, 0.15) is 17.0 Å². The Morgan fingerprint density at radius 3 is 2.80 bits per heavy atom. The highest BCUT2D eigenvalue weighted by atomic mass is 32.2. The van der Waals surface area contributed by atoms with Gasteiger partial charge in [0.25, 0.3) is 0 Å². The molecule has 20 heavy (non-hydrogen) atoms. The summed E-state index contributed by atoms with van der Waals surface area (Å²) < 4.78 is 41.3. The first-order valence-corrected chi connectivity index (χ1v) is 7.26. The van der Waals surface area contributed by atoms with E-state index in [1.54, 1.807) is 7.05 Å². The molecule has 9 heteroatoms. The highest BCUT2D eigenvalue weighted by Gasteiger charge is 2.21. The van der Waals surface area contributed by atoms with Crippen molar-refractivity contribution in [3.05, 3.63) is 36.2 Å². The van der Waals surface area contributed by atoms with Crippen LogP contribution in [0.15, 0.2) is 29.4 Å². The van der Waals surface area contributed by atoms with Gasteiger partial charge in [-0.2, -0.15) is 5.10 Å². The lowest BCUT2D eigenvalue weighted by Crippen LogP contribution is -2.27. The molecule has 0 aliphatic rings. The minimum absolute atomic E-state index is 0.0557. The Morgan fingerprint density at radius 2 is 2.20 bits per heavy atom. The smallest absolute Gasteiger partial charge is 0.245 e. The van der Waals surface area contributed by atoms with E-state index in [0.717, 1.165) is 6.07 Å². The Bertz CT molecular complexity index is 693. The molecule has 0 atom stereocenters. The summed E-state index contributed by atoms with van der Waals surface area (Å²) in [5.74, 6) is -0.384. The zero-order chi connectivity index (χ0) is 14.8. The van der Waals surface area contributed by atoms with E-state index in [-0.39, 0.29) is 12.2 Å². The standard InChI is InChI=1S/C11H14FN5O2S/c1-17-7-14-10(16-17)5-6-15-20(18,19)11-8(12)3-2-4-9(11)13/h2-4,7,15H,5-6,13H2,1H3. The average Bonchev–Trinajstić information content (AvgIpc) is 2.74. The number of anilines is 1. The highest BCUT2D eigenvalue weighted by molar-refractivity contribution is 7.89. The number of rotatable bonds is 5. The van der Waals surface area contributed by atoms with Crippen molar-refractivity contribution >= 4 is 15.7 Å². The van der Waals surface area contributed by atoms with Crippen LogP contribution in [0.2, 0.25) is 0 Å². The highest BCUT2D eigenvalue weighted by Crippen LogP contribution is 2.21. The van der Waals surface area contributed by atoms with Crippen LogP contribution in [0.1, 0.15) is 5.82 Å². The molecule has 0 saturated heterocycles. The first-order valence-electron chi connectivity index (χ1n) is 5.78. The number of aryl methyl sites for hydroxylation is 1. The van der Waals surface area contributed by atoms with Gasteiger partial charge in [-0.15, -0.1) is 0 Å². The largest absolute Gasteiger partial charge is 0.398 e. The number of nitrogens with zero attached hydrogens (tertiary/aromatic N) is 3. The Morgan fingerprint density at radius 1 is 1.45 bits per heavy atom. The fourth-order valence-electron chi connectivity index (χ4n) is 1.68. The molecule has 1 heterocycles. The van der Waals surface area contributed by atoms with Gasteiger partial charge >= 0.3 is 0 Å². The van der Waals surface area contributed by atoms with Crippen LogP contribution in [0.4, 0.5) is 10.1 Å². The van der Waals surface area contributed by atoms with Crippen LogP contribution in [0, 0.1) is 5.82 Å². The van der Waals surface area contributed by atoms with Gasteiger partial charge in [0, 0.05) is 20.0 Å². The number of halogens is 1. The molecular weight excluding hydrogens is 285 g/mol. The summed E-state index contributed by atoms with van der Waals surface area (Å²) in [5, 5.41) is 4.01. The molecule has 0 aliphatic carbocycles. The second kappa shape index (κ2) is 5.55. The molecule has 1 aromatic heterocycles. The summed E-state index contributed by atoms with van der Waals surface area (Å²) in [6, 6.07) is 3.73. The number of nitrogens with two attached hydrogens (primary N) is 1. The number of nitrogens with one attached hydrogen (secondary N) is 1. The van der Waals surface area contributed by atoms with Crippen LogP contribution >= 0.6 is 0 Å². The molecule has 3 N–H and O–H groups in total. The molecule has 1 aromatic carbocycles. The molecule has 0 unspecified atom stereocenters. The first kappa shape index (κ1) is 14.4. The second-order valence-corrected chi connectivity index (χ2v) is 5.84. The summed E-state index contributed by atoms with van der Waals surface area (Å²) in [4.78, 5) is 3.43. The van der Waals surface area contributed by atoms with Gasteiger partial charge in [-0.3, -0.25) is 4.68 Å². The van der Waals surface area contributed by atoms with Crippen LogP contribution < -0.4 is 10.5 Å². The van der Waals surface area contributed by atoms with E-state index in [1.807, 2.05) is 0 Å². The van der Waals surface area contributed by atoms with Gasteiger partial charge in [0.15, 0.2) is 5.82 Å². The van der Waals surface area contributed by atoms with E-state index in [0.29, 0.717) is 12.2 Å². The maximum Gasteiger partial charge on any atom is 0.245 e. The molecule has 2 aromatic rings. The summed E-state index contributed by atoms with van der Waals surface area (Å²) in [6.45, 7) is 0.0557. The molecule has 7 nitrogen and oxygen atoms in total. The number of sulfonamides is 1. The minimum Gasteiger partial charge on any atom is -0.398 e. The van der Waals surface area contributed by atoms with Gasteiger partial charge in [0.2, 0.25) is 10.0 Å². The second-order valence-electron chi connectivity index (χ2n) is 4.14. The lowest BCUT2D eigenvalue weighted by molar-refractivity contribution is 0.558. The van der Waals surface area contributed by atoms with Crippen molar-refractivity contribution in [2.75, 3.05) is 12.3 Å². The molecule has 0 saturated carbocycles. The number of hydrogen-bond acceptors (Lipinski definition) is 5. The Balaban J connectivity index is 2.08. The van der Waals surface area contributed by atoms with Gasteiger partial charge < -0.3 is 5.73 Å². The zero-order valence-electron chi connectivity index (χ0n) is 10.7. The minimum atomic E-state index is -4.00. The zero-order valence-corrected chi connectivity index (χ0v) is 11.6. The number of hydrogen-bond donors (Lipinski definition) is 2. The first-order chi connectivity index (χ1) is 9.40. The molecular formula is C11H14FN5O2S. The van der Waals surface area contributed by atoms with Gasteiger partial charge in [0.05, 0.1) is 5.69 Å². The van der Waals surface area contributed by atoms with E-state index in [2.05, 4.69) is 14.8 Å². The number of nitrogen functional groups attached to an aromatic ring is 1. The lowest BCUT2D eigenvalue weighted by atomic mass is 10.3. The summed E-state index contributed by atoms with van der Waals surface area (Å²) in [7, 11) is -2.29. The monoisotopic (exact) mass is 299 g/mol. The van der Waals surface area contributed by atoms with E-state index in [1.165, 1.54) is 23.1 Å². The van der Waals surface area contributed by atoms with Crippen LogP contribution in [-0.2, 0) is 23.5 Å². The lowest BCUT2D eigenvalue weighted by Gasteiger charge is -2.09. The topological polar surface area (TPSA) is 103 Å².